The molecule has 0 N–H and O–H groups in total. The van der Waals surface area contributed by atoms with Crippen molar-refractivity contribution in [2.45, 2.75) is 102 Å². The highest BCUT2D eigenvalue weighted by molar-refractivity contribution is 7.92. The van der Waals surface area contributed by atoms with Crippen molar-refractivity contribution in [3.63, 3.8) is 0 Å². The van der Waals surface area contributed by atoms with E-state index in [-0.39, 0.29) is 41.8 Å². The second kappa shape index (κ2) is 15.4. The number of hydrogen-bond donors (Lipinski definition) is 0. The van der Waals surface area contributed by atoms with E-state index >= 15 is 0 Å². The Kier molecular flexibility index (Phi) is 11.6. The standard InChI is InChI=1S/C40H54F3N3O6SSi2/c1-39(2,3)55(9,10)52-34-24-50-37-33(23-49-38(34)37)51-35-22-31-32(46(35)25-48-19-20-54(6,7)8)21-30(40(41,42)43)36(44-31)28-13-11-26(12-14-28)27-15-17-29(18-16-27)45-53(4,5)47/h11-18,21-22,33-34,37-38H,19-20,23-25H2,1-10H3/t33-,34?,37-,38-/m1/s1. The van der Waals surface area contributed by atoms with Crippen LogP contribution in [-0.2, 0) is 41.3 Å². The minimum atomic E-state index is -4.69. The predicted octanol–water partition coefficient (Wildman–Crippen LogP) is 10.00. The maximum Gasteiger partial charge on any atom is 0.418 e. The van der Waals surface area contributed by atoms with Gasteiger partial charge in [-0.3, -0.25) is 4.57 Å². The lowest BCUT2D eigenvalue weighted by molar-refractivity contribution is -0.137. The van der Waals surface area contributed by atoms with E-state index in [2.05, 4.69) is 62.9 Å². The van der Waals surface area contributed by atoms with Crippen LogP contribution in [0.25, 0.3) is 33.4 Å². The second-order valence-electron chi connectivity index (χ2n) is 17.6. The van der Waals surface area contributed by atoms with E-state index in [1.54, 1.807) is 59.5 Å². The molecule has 0 bridgehead atoms. The van der Waals surface area contributed by atoms with Crippen LogP contribution in [0.5, 0.6) is 5.88 Å². The van der Waals surface area contributed by atoms with Crippen LogP contribution in [0.1, 0.15) is 26.3 Å². The van der Waals surface area contributed by atoms with Gasteiger partial charge in [0.1, 0.15) is 18.9 Å². The number of ether oxygens (including phenoxy) is 4. The van der Waals surface area contributed by atoms with Crippen LogP contribution < -0.4 is 4.74 Å². The fourth-order valence-corrected chi connectivity index (χ4v) is 9.18. The molecule has 0 radical (unpaired) electrons. The van der Waals surface area contributed by atoms with Crippen LogP contribution in [0.4, 0.5) is 18.9 Å². The summed E-state index contributed by atoms with van der Waals surface area (Å²) < 4.78 is 94.3. The largest absolute Gasteiger partial charge is 0.470 e. The molecule has 2 aliphatic rings. The summed E-state index contributed by atoms with van der Waals surface area (Å²) in [7, 11) is -5.84. The first-order chi connectivity index (χ1) is 25.5. The summed E-state index contributed by atoms with van der Waals surface area (Å²) in [4.78, 5) is 4.64. The summed E-state index contributed by atoms with van der Waals surface area (Å²) in [6.45, 7) is 18.8. The SMILES string of the molecule is CC(C)(C)[Si](C)(C)OC1CO[C@H]2[C@@H]1OC[C@H]2Oc1cc2nc(-c3ccc(-c4ccc(N=S(C)(C)=O)cc4)cc3)c(C(F)(F)F)cc2n1COCC[Si](C)(C)C. The van der Waals surface area contributed by atoms with Crippen LogP contribution in [0, 0.1) is 0 Å². The zero-order chi connectivity index (χ0) is 40.1. The number of halogens is 3. The summed E-state index contributed by atoms with van der Waals surface area (Å²) in [5.74, 6) is 0.333. The Morgan fingerprint density at radius 1 is 0.873 bits per heavy atom. The fraction of sp³-hybridized carbons (Fsp3) is 0.525. The van der Waals surface area contributed by atoms with Gasteiger partial charge in [-0.25, -0.2) is 9.19 Å². The van der Waals surface area contributed by atoms with Gasteiger partial charge < -0.3 is 23.4 Å². The number of nitrogens with zero attached hydrogens (tertiary/aromatic N) is 3. The van der Waals surface area contributed by atoms with Gasteiger partial charge >= 0.3 is 6.18 Å². The lowest BCUT2D eigenvalue weighted by Crippen LogP contribution is -2.47. The van der Waals surface area contributed by atoms with Gasteiger partial charge in [0.15, 0.2) is 20.3 Å². The lowest BCUT2D eigenvalue weighted by atomic mass is 10.00. The quantitative estimate of drug-likeness (QED) is 0.104. The third-order valence-electron chi connectivity index (χ3n) is 10.5. The molecule has 300 valence electrons. The number of aromatic nitrogens is 2. The van der Waals surface area contributed by atoms with Gasteiger partial charge in [0.05, 0.1) is 47.3 Å². The monoisotopic (exact) mass is 817 g/mol. The third-order valence-corrected chi connectivity index (χ3v) is 17.4. The molecule has 4 aromatic rings. The molecule has 4 atom stereocenters. The van der Waals surface area contributed by atoms with Crippen LogP contribution in [0.3, 0.4) is 0 Å². The molecule has 0 saturated carbocycles. The van der Waals surface area contributed by atoms with Crippen molar-refractivity contribution in [2.24, 2.45) is 4.36 Å². The van der Waals surface area contributed by atoms with E-state index < -0.39 is 50.1 Å². The van der Waals surface area contributed by atoms with Gasteiger partial charge in [-0.1, -0.05) is 76.8 Å². The topological polar surface area (TPSA) is 93.4 Å². The average molecular weight is 818 g/mol. The molecule has 2 saturated heterocycles. The van der Waals surface area contributed by atoms with E-state index in [9.17, 15) is 17.4 Å². The molecule has 0 aliphatic carbocycles. The van der Waals surface area contributed by atoms with E-state index in [0.29, 0.717) is 35.9 Å². The van der Waals surface area contributed by atoms with E-state index in [4.69, 9.17) is 23.4 Å². The Morgan fingerprint density at radius 3 is 2.00 bits per heavy atom. The van der Waals surface area contributed by atoms with Crippen LogP contribution in [0.15, 0.2) is 65.0 Å². The van der Waals surface area contributed by atoms with E-state index in [0.717, 1.165) is 23.2 Å². The molecule has 2 aromatic carbocycles. The minimum absolute atomic E-state index is 0.00430. The molecule has 55 heavy (non-hydrogen) atoms. The van der Waals surface area contributed by atoms with Crippen LogP contribution in [-0.4, -0.2) is 86.9 Å². The van der Waals surface area contributed by atoms with Gasteiger partial charge in [0.2, 0.25) is 0 Å². The Hall–Kier alpha value is -3.06. The molecule has 4 heterocycles. The maximum absolute atomic E-state index is 14.9. The summed E-state index contributed by atoms with van der Waals surface area (Å²) in [6, 6.07) is 17.8. The van der Waals surface area contributed by atoms with Crippen molar-refractivity contribution < 1.29 is 40.8 Å². The first-order valence-electron chi connectivity index (χ1n) is 18.6. The number of hydrogen-bond acceptors (Lipinski definition) is 8. The average Bonchev–Trinajstić information content (AvgIpc) is 3.75. The molecule has 6 rings (SSSR count). The van der Waals surface area contributed by atoms with Crippen molar-refractivity contribution in [3.05, 3.63) is 66.2 Å². The normalized spacial score (nSPS) is 21.0. The summed E-state index contributed by atoms with van der Waals surface area (Å²) in [6.07, 6.45) is -3.00. The molecular weight excluding hydrogens is 764 g/mol. The molecule has 2 fully saturated rings. The van der Waals surface area contributed by atoms with Crippen molar-refractivity contribution in [1.82, 2.24) is 9.55 Å². The van der Waals surface area contributed by atoms with Crippen LogP contribution in [0.2, 0.25) is 43.8 Å². The molecule has 0 spiro atoms. The highest BCUT2D eigenvalue weighted by Gasteiger charge is 2.52. The Labute approximate surface area is 325 Å². The summed E-state index contributed by atoms with van der Waals surface area (Å²) in [5.41, 5.74) is 2.13. The van der Waals surface area contributed by atoms with Crippen molar-refractivity contribution >= 4 is 42.8 Å². The first-order valence-corrected chi connectivity index (χ1v) is 27.6. The third kappa shape index (κ3) is 9.74. The van der Waals surface area contributed by atoms with Crippen molar-refractivity contribution in [3.8, 4) is 28.3 Å². The highest BCUT2D eigenvalue weighted by Crippen LogP contribution is 2.43. The second-order valence-corrected chi connectivity index (χ2v) is 30.5. The molecule has 2 aromatic heterocycles. The Balaban J connectivity index is 1.32. The smallest absolute Gasteiger partial charge is 0.418 e. The Bertz CT molecular complexity index is 2110. The number of fused-ring (bicyclic) bond motifs is 2. The van der Waals surface area contributed by atoms with Gasteiger partial charge in [0.25, 0.3) is 0 Å². The zero-order valence-corrected chi connectivity index (χ0v) is 36.3. The van der Waals surface area contributed by atoms with E-state index in [1.165, 1.54) is 0 Å². The van der Waals surface area contributed by atoms with E-state index in [1.807, 2.05) is 12.1 Å². The van der Waals surface area contributed by atoms with Crippen molar-refractivity contribution in [2.75, 3.05) is 32.3 Å². The zero-order valence-electron chi connectivity index (χ0n) is 33.5. The maximum atomic E-state index is 14.9. The van der Waals surface area contributed by atoms with Crippen molar-refractivity contribution in [1.29, 1.82) is 0 Å². The minimum Gasteiger partial charge on any atom is -0.470 e. The Morgan fingerprint density at radius 2 is 1.44 bits per heavy atom. The lowest BCUT2D eigenvalue weighted by Gasteiger charge is -2.39. The van der Waals surface area contributed by atoms with Crippen LogP contribution >= 0.6 is 0 Å². The predicted molar refractivity (Wildman–Crippen MR) is 218 cm³/mol. The fourth-order valence-electron chi connectivity index (χ4n) is 6.48. The molecule has 2 aliphatic heterocycles. The number of benzene rings is 2. The summed E-state index contributed by atoms with van der Waals surface area (Å²) >= 11 is 0. The highest BCUT2D eigenvalue weighted by atomic mass is 32.2. The number of pyridine rings is 1. The molecular formula is C40H54F3N3O6SSi2. The molecule has 9 nitrogen and oxygen atoms in total. The number of rotatable bonds is 12. The van der Waals surface area contributed by atoms with Gasteiger partial charge in [-0.05, 0) is 53.5 Å². The molecule has 1 unspecified atom stereocenters. The van der Waals surface area contributed by atoms with Gasteiger partial charge in [0, 0.05) is 48.6 Å². The summed E-state index contributed by atoms with van der Waals surface area (Å²) in [5, 5.41) is 0.0140. The first kappa shape index (κ1) is 41.6. The molecule has 15 heteroatoms. The van der Waals surface area contributed by atoms with Gasteiger partial charge in [-0.2, -0.15) is 17.5 Å². The molecule has 0 amide bonds. The van der Waals surface area contributed by atoms with Gasteiger partial charge in [-0.15, -0.1) is 0 Å². The number of alkyl halides is 3.